The van der Waals surface area contributed by atoms with Crippen LogP contribution in [0.4, 0.5) is 10.5 Å². The Hall–Kier alpha value is -1.77. The number of rotatable bonds is 2. The van der Waals surface area contributed by atoms with Crippen LogP contribution in [-0.2, 0) is 0 Å². The first-order chi connectivity index (χ1) is 6.79. The molecule has 0 unspecified atom stereocenters. The van der Waals surface area contributed by atoms with Gasteiger partial charge in [-0.3, -0.25) is 0 Å². The summed E-state index contributed by atoms with van der Waals surface area (Å²) in [6.07, 6.45) is 1.77. The van der Waals surface area contributed by atoms with E-state index >= 15 is 0 Å². The zero-order valence-electron chi connectivity index (χ0n) is 7.86. The highest BCUT2D eigenvalue weighted by atomic mass is 16.2. The first kappa shape index (κ1) is 8.81. The maximum atomic E-state index is 11.3. The van der Waals surface area contributed by atoms with Gasteiger partial charge in [0.2, 0.25) is 0 Å². The van der Waals surface area contributed by atoms with Crippen molar-refractivity contribution in [1.29, 1.82) is 0 Å². The van der Waals surface area contributed by atoms with Gasteiger partial charge in [-0.15, -0.1) is 0 Å². The standard InChI is InChI=1S/C11H12N2O/c1-2-9-3-5-10(6-4-9)12-11(14)13-7-8-13/h2-6H,1,7-8H2,(H,12,14). The molecule has 1 aromatic carbocycles. The summed E-state index contributed by atoms with van der Waals surface area (Å²) < 4.78 is 0. The molecule has 72 valence electrons. The average Bonchev–Trinajstić information content (AvgIpc) is 3.02. The first-order valence-corrected chi connectivity index (χ1v) is 4.58. The van der Waals surface area contributed by atoms with Gasteiger partial charge in [0.05, 0.1) is 0 Å². The lowest BCUT2D eigenvalue weighted by Gasteiger charge is -2.05. The van der Waals surface area contributed by atoms with E-state index in [0.717, 1.165) is 24.3 Å². The molecule has 1 heterocycles. The highest BCUT2D eigenvalue weighted by Crippen LogP contribution is 2.13. The lowest BCUT2D eigenvalue weighted by atomic mass is 10.2. The van der Waals surface area contributed by atoms with E-state index in [0.29, 0.717) is 0 Å². The Bertz CT molecular complexity index is 352. The van der Waals surface area contributed by atoms with Crippen LogP contribution in [0.3, 0.4) is 0 Å². The maximum absolute atomic E-state index is 11.3. The lowest BCUT2D eigenvalue weighted by Crippen LogP contribution is -2.18. The number of carbonyl (C=O) groups excluding carboxylic acids is 1. The van der Waals surface area contributed by atoms with E-state index in [9.17, 15) is 4.79 Å². The Morgan fingerprint density at radius 3 is 2.50 bits per heavy atom. The van der Waals surface area contributed by atoms with E-state index < -0.39 is 0 Å². The Balaban J connectivity index is 2.01. The van der Waals surface area contributed by atoms with Crippen LogP contribution in [-0.4, -0.2) is 24.0 Å². The monoisotopic (exact) mass is 188 g/mol. The van der Waals surface area contributed by atoms with Crippen LogP contribution in [0.25, 0.3) is 6.08 Å². The minimum atomic E-state index is -0.0173. The molecule has 0 atom stereocenters. The molecule has 2 rings (SSSR count). The quantitative estimate of drug-likeness (QED) is 0.709. The van der Waals surface area contributed by atoms with Crippen LogP contribution in [0.2, 0.25) is 0 Å². The fourth-order valence-electron chi connectivity index (χ4n) is 1.16. The molecule has 1 N–H and O–H groups in total. The molecule has 0 spiro atoms. The number of hydrogen-bond donors (Lipinski definition) is 1. The van der Waals surface area contributed by atoms with Gasteiger partial charge < -0.3 is 10.2 Å². The zero-order valence-corrected chi connectivity index (χ0v) is 7.86. The predicted octanol–water partition coefficient (Wildman–Crippen LogP) is 2.18. The van der Waals surface area contributed by atoms with Gasteiger partial charge in [0, 0.05) is 18.8 Å². The van der Waals surface area contributed by atoms with Gasteiger partial charge in [0.25, 0.3) is 0 Å². The third-order valence-corrected chi connectivity index (χ3v) is 2.13. The molecule has 3 heteroatoms. The molecule has 1 saturated heterocycles. The van der Waals surface area contributed by atoms with E-state index in [4.69, 9.17) is 0 Å². The minimum absolute atomic E-state index is 0.0173. The smallest absolute Gasteiger partial charge is 0.321 e. The summed E-state index contributed by atoms with van der Waals surface area (Å²) in [6, 6.07) is 7.57. The molecule has 2 amide bonds. The van der Waals surface area contributed by atoms with Crippen molar-refractivity contribution in [2.24, 2.45) is 0 Å². The van der Waals surface area contributed by atoms with Crippen LogP contribution in [0, 0.1) is 0 Å². The summed E-state index contributed by atoms with van der Waals surface area (Å²) in [5.41, 5.74) is 1.88. The molecule has 1 aliphatic heterocycles. The average molecular weight is 188 g/mol. The lowest BCUT2D eigenvalue weighted by molar-refractivity contribution is 0.242. The van der Waals surface area contributed by atoms with Gasteiger partial charge in [-0.2, -0.15) is 0 Å². The maximum Gasteiger partial charge on any atom is 0.321 e. The second-order valence-corrected chi connectivity index (χ2v) is 3.24. The number of nitrogens with zero attached hydrogens (tertiary/aromatic N) is 1. The molecule has 0 saturated carbocycles. The number of hydrogen-bond acceptors (Lipinski definition) is 1. The third kappa shape index (κ3) is 1.93. The molecule has 1 aliphatic rings. The molecule has 1 fully saturated rings. The van der Waals surface area contributed by atoms with Crippen LogP contribution in [0.15, 0.2) is 30.8 Å². The third-order valence-electron chi connectivity index (χ3n) is 2.13. The number of urea groups is 1. The van der Waals surface area contributed by atoms with Crippen LogP contribution in [0.1, 0.15) is 5.56 Å². The summed E-state index contributed by atoms with van der Waals surface area (Å²) in [6.45, 7) is 5.41. The van der Waals surface area contributed by atoms with Crippen molar-refractivity contribution in [3.63, 3.8) is 0 Å². The molecule has 1 aromatic rings. The molecule has 14 heavy (non-hydrogen) atoms. The van der Waals surface area contributed by atoms with E-state index in [-0.39, 0.29) is 6.03 Å². The molecular formula is C11H12N2O. The van der Waals surface area contributed by atoms with E-state index in [2.05, 4.69) is 11.9 Å². The van der Waals surface area contributed by atoms with Crippen molar-refractivity contribution in [2.75, 3.05) is 18.4 Å². The molecule has 0 bridgehead atoms. The van der Waals surface area contributed by atoms with Crippen molar-refractivity contribution in [3.8, 4) is 0 Å². The van der Waals surface area contributed by atoms with Gasteiger partial charge in [0.1, 0.15) is 0 Å². The molecule has 0 aliphatic carbocycles. The van der Waals surface area contributed by atoms with E-state index in [1.807, 2.05) is 24.3 Å². The van der Waals surface area contributed by atoms with Gasteiger partial charge in [-0.05, 0) is 17.7 Å². The number of amides is 2. The largest absolute Gasteiger partial charge is 0.321 e. The normalized spacial score (nSPS) is 13.6. The van der Waals surface area contributed by atoms with Gasteiger partial charge in [0.15, 0.2) is 0 Å². The first-order valence-electron chi connectivity index (χ1n) is 4.58. The van der Waals surface area contributed by atoms with Gasteiger partial charge in [-0.25, -0.2) is 4.79 Å². The summed E-state index contributed by atoms with van der Waals surface area (Å²) >= 11 is 0. The number of anilines is 1. The SMILES string of the molecule is C=Cc1ccc(NC(=O)N2CC2)cc1. The van der Waals surface area contributed by atoms with Crippen molar-refractivity contribution in [3.05, 3.63) is 36.4 Å². The van der Waals surface area contributed by atoms with Crippen molar-refractivity contribution in [2.45, 2.75) is 0 Å². The van der Waals surface area contributed by atoms with E-state index in [1.54, 1.807) is 11.0 Å². The highest BCUT2D eigenvalue weighted by molar-refractivity contribution is 5.90. The van der Waals surface area contributed by atoms with Crippen LogP contribution in [0.5, 0.6) is 0 Å². The second-order valence-electron chi connectivity index (χ2n) is 3.24. The minimum Gasteiger partial charge on any atom is -0.321 e. The Kier molecular flexibility index (Phi) is 2.23. The Labute approximate surface area is 83.0 Å². The second kappa shape index (κ2) is 3.54. The number of carbonyl (C=O) groups is 1. The fourth-order valence-corrected chi connectivity index (χ4v) is 1.16. The van der Waals surface area contributed by atoms with Crippen molar-refractivity contribution >= 4 is 17.8 Å². The summed E-state index contributed by atoms with van der Waals surface area (Å²) in [5, 5.41) is 2.81. The zero-order chi connectivity index (χ0) is 9.97. The van der Waals surface area contributed by atoms with Crippen molar-refractivity contribution < 1.29 is 4.79 Å². The predicted molar refractivity (Wildman–Crippen MR) is 57.1 cm³/mol. The van der Waals surface area contributed by atoms with Crippen LogP contribution >= 0.6 is 0 Å². The number of benzene rings is 1. The topological polar surface area (TPSA) is 32.1 Å². The molecular weight excluding hydrogens is 176 g/mol. The van der Waals surface area contributed by atoms with Gasteiger partial charge in [-0.1, -0.05) is 24.8 Å². The summed E-state index contributed by atoms with van der Waals surface area (Å²) in [5.74, 6) is 0. The Morgan fingerprint density at radius 2 is 2.00 bits per heavy atom. The Morgan fingerprint density at radius 1 is 1.36 bits per heavy atom. The summed E-state index contributed by atoms with van der Waals surface area (Å²) in [7, 11) is 0. The van der Waals surface area contributed by atoms with Crippen molar-refractivity contribution in [1.82, 2.24) is 4.90 Å². The molecule has 3 nitrogen and oxygen atoms in total. The molecule has 0 aromatic heterocycles. The highest BCUT2D eigenvalue weighted by Gasteiger charge is 2.23. The fraction of sp³-hybridized carbons (Fsp3) is 0.182. The van der Waals surface area contributed by atoms with Crippen LogP contribution < -0.4 is 5.32 Å². The van der Waals surface area contributed by atoms with E-state index in [1.165, 1.54) is 0 Å². The number of nitrogens with one attached hydrogen (secondary N) is 1. The molecule has 0 radical (unpaired) electrons. The van der Waals surface area contributed by atoms with Gasteiger partial charge >= 0.3 is 6.03 Å². The summed E-state index contributed by atoms with van der Waals surface area (Å²) in [4.78, 5) is 13.1.